The average molecular weight is 530 g/mol. The standard InChI is InChI=1S/C28H37F2N5O3/c1-25(2,3)17-33-23(36)18-12-20(16-31-14-18)35-22-21(38-27(6,7)26(35,4)5)13-19(15-32-22)24(37)34-10-8-28(29,30)9-11-34/h12-16H,8-11,17H2,1-7H3,(H,33,36). The van der Waals surface area contributed by atoms with Crippen LogP contribution in [0.5, 0.6) is 5.75 Å². The zero-order valence-corrected chi connectivity index (χ0v) is 23.2. The van der Waals surface area contributed by atoms with Crippen LogP contribution in [0.15, 0.2) is 30.7 Å². The van der Waals surface area contributed by atoms with E-state index in [2.05, 4.69) is 15.3 Å². The molecule has 0 spiro atoms. The number of nitrogens with one attached hydrogen (secondary N) is 1. The molecule has 2 aromatic rings. The molecule has 2 aliphatic heterocycles. The lowest BCUT2D eigenvalue weighted by Gasteiger charge is -2.53. The van der Waals surface area contributed by atoms with Crippen LogP contribution in [0, 0.1) is 5.41 Å². The highest BCUT2D eigenvalue weighted by Crippen LogP contribution is 2.48. The molecule has 0 saturated carbocycles. The maximum Gasteiger partial charge on any atom is 0.255 e. The lowest BCUT2D eigenvalue weighted by atomic mass is 9.82. The molecule has 4 heterocycles. The second kappa shape index (κ2) is 9.47. The van der Waals surface area contributed by atoms with Crippen molar-refractivity contribution in [2.24, 2.45) is 5.41 Å². The fraction of sp³-hybridized carbons (Fsp3) is 0.571. The summed E-state index contributed by atoms with van der Waals surface area (Å²) in [5.41, 5.74) is -0.0784. The van der Waals surface area contributed by atoms with Gasteiger partial charge in [-0.25, -0.2) is 13.8 Å². The number of halogens is 2. The van der Waals surface area contributed by atoms with Gasteiger partial charge in [-0.15, -0.1) is 0 Å². The topological polar surface area (TPSA) is 87.7 Å². The number of fused-ring (bicyclic) bond motifs is 1. The number of pyridine rings is 2. The van der Waals surface area contributed by atoms with Gasteiger partial charge in [0.25, 0.3) is 17.7 Å². The minimum atomic E-state index is -2.74. The maximum atomic E-state index is 13.6. The van der Waals surface area contributed by atoms with Gasteiger partial charge in [-0.3, -0.25) is 14.6 Å². The van der Waals surface area contributed by atoms with Crippen LogP contribution in [0.4, 0.5) is 20.3 Å². The molecule has 2 amide bonds. The number of ether oxygens (including phenoxy) is 1. The Morgan fingerprint density at radius 2 is 1.68 bits per heavy atom. The molecular weight excluding hydrogens is 492 g/mol. The normalized spacial score (nSPS) is 19.8. The number of likely N-dealkylation sites (tertiary alicyclic amines) is 1. The van der Waals surface area contributed by atoms with E-state index >= 15 is 0 Å². The van der Waals surface area contributed by atoms with Crippen LogP contribution >= 0.6 is 0 Å². The lowest BCUT2D eigenvalue weighted by Crippen LogP contribution is -2.62. The third-order valence-corrected chi connectivity index (χ3v) is 7.49. The highest BCUT2D eigenvalue weighted by Gasteiger charge is 2.50. The van der Waals surface area contributed by atoms with E-state index in [4.69, 9.17) is 4.74 Å². The molecule has 0 aromatic carbocycles. The first-order chi connectivity index (χ1) is 17.5. The number of carbonyl (C=O) groups excluding carboxylic acids is 2. The van der Waals surface area contributed by atoms with Gasteiger partial charge in [0.05, 0.1) is 28.6 Å². The van der Waals surface area contributed by atoms with Gasteiger partial charge in [-0.05, 0) is 45.2 Å². The predicted molar refractivity (Wildman–Crippen MR) is 141 cm³/mol. The second-order valence-electron chi connectivity index (χ2n) is 12.4. The molecule has 4 rings (SSSR count). The van der Waals surface area contributed by atoms with Crippen molar-refractivity contribution in [2.45, 2.75) is 78.4 Å². The van der Waals surface area contributed by atoms with Crippen LogP contribution in [-0.2, 0) is 0 Å². The summed E-state index contributed by atoms with van der Waals surface area (Å²) in [6, 6.07) is 3.39. The summed E-state index contributed by atoms with van der Waals surface area (Å²) in [5, 5.41) is 2.95. The monoisotopic (exact) mass is 529 g/mol. The van der Waals surface area contributed by atoms with Crippen molar-refractivity contribution < 1.29 is 23.1 Å². The summed E-state index contributed by atoms with van der Waals surface area (Å²) in [6.07, 6.45) is 3.94. The molecule has 0 atom stereocenters. The van der Waals surface area contributed by atoms with Crippen molar-refractivity contribution in [3.8, 4) is 5.75 Å². The molecule has 1 N–H and O–H groups in total. The molecule has 0 aliphatic carbocycles. The molecule has 0 radical (unpaired) electrons. The summed E-state index contributed by atoms with van der Waals surface area (Å²) < 4.78 is 33.6. The molecule has 1 fully saturated rings. The number of hydrogen-bond donors (Lipinski definition) is 1. The van der Waals surface area contributed by atoms with Gasteiger partial charge in [0.15, 0.2) is 11.6 Å². The van der Waals surface area contributed by atoms with E-state index in [1.807, 2.05) is 53.4 Å². The van der Waals surface area contributed by atoms with Crippen LogP contribution < -0.4 is 15.0 Å². The summed E-state index contributed by atoms with van der Waals surface area (Å²) in [5.74, 6) is -2.44. The highest BCUT2D eigenvalue weighted by molar-refractivity contribution is 5.96. The molecule has 10 heteroatoms. The first-order valence-corrected chi connectivity index (χ1v) is 12.9. The zero-order chi connectivity index (χ0) is 28.1. The highest BCUT2D eigenvalue weighted by atomic mass is 19.3. The Kier molecular flexibility index (Phi) is 6.91. The number of alkyl halides is 2. The van der Waals surface area contributed by atoms with Crippen LogP contribution in [-0.4, -0.2) is 63.4 Å². The van der Waals surface area contributed by atoms with E-state index < -0.39 is 17.1 Å². The molecule has 2 aliphatic rings. The van der Waals surface area contributed by atoms with Crippen LogP contribution in [0.3, 0.4) is 0 Å². The Morgan fingerprint density at radius 3 is 2.32 bits per heavy atom. The number of amides is 2. The van der Waals surface area contributed by atoms with Crippen LogP contribution in [0.1, 0.15) is 82.0 Å². The maximum absolute atomic E-state index is 13.6. The van der Waals surface area contributed by atoms with Gasteiger partial charge >= 0.3 is 0 Å². The molecule has 0 bridgehead atoms. The largest absolute Gasteiger partial charge is 0.481 e. The molecular formula is C28H37F2N5O3. The van der Waals surface area contributed by atoms with Crippen LogP contribution in [0.2, 0.25) is 0 Å². The van der Waals surface area contributed by atoms with E-state index in [-0.39, 0.29) is 48.7 Å². The lowest BCUT2D eigenvalue weighted by molar-refractivity contribution is -0.0494. The molecule has 8 nitrogen and oxygen atoms in total. The zero-order valence-electron chi connectivity index (χ0n) is 23.2. The third kappa shape index (κ3) is 5.44. The third-order valence-electron chi connectivity index (χ3n) is 7.49. The van der Waals surface area contributed by atoms with E-state index in [0.717, 1.165) is 0 Å². The first-order valence-electron chi connectivity index (χ1n) is 12.9. The van der Waals surface area contributed by atoms with Crippen molar-refractivity contribution in [3.05, 3.63) is 41.9 Å². The number of anilines is 2. The Bertz CT molecular complexity index is 1230. The fourth-order valence-electron chi connectivity index (χ4n) is 4.52. The van der Waals surface area contributed by atoms with E-state index in [1.165, 1.54) is 17.3 Å². The van der Waals surface area contributed by atoms with Gasteiger partial charge in [0.1, 0.15) is 5.60 Å². The molecule has 0 unspecified atom stereocenters. The Balaban J connectivity index is 1.68. The minimum absolute atomic E-state index is 0.00976. The van der Waals surface area contributed by atoms with Gasteiger partial charge in [-0.2, -0.15) is 0 Å². The SMILES string of the molecule is CC(C)(C)CNC(=O)c1cncc(N2c3ncc(C(=O)N4CCC(F)(F)CC4)cc3OC(C)(C)C2(C)C)c1. The minimum Gasteiger partial charge on any atom is -0.481 e. The molecule has 2 aromatic heterocycles. The summed E-state index contributed by atoms with van der Waals surface area (Å²) >= 11 is 0. The Morgan fingerprint density at radius 1 is 1.03 bits per heavy atom. The molecule has 1 saturated heterocycles. The quantitative estimate of drug-likeness (QED) is 0.585. The fourth-order valence-corrected chi connectivity index (χ4v) is 4.52. The van der Waals surface area contributed by atoms with Crippen molar-refractivity contribution in [1.82, 2.24) is 20.2 Å². The van der Waals surface area contributed by atoms with Gasteiger partial charge in [0.2, 0.25) is 0 Å². The van der Waals surface area contributed by atoms with Gasteiger partial charge in [0, 0.05) is 44.9 Å². The summed E-state index contributed by atoms with van der Waals surface area (Å²) in [4.78, 5) is 38.3. The Hall–Kier alpha value is -3.30. The van der Waals surface area contributed by atoms with E-state index in [9.17, 15) is 18.4 Å². The van der Waals surface area contributed by atoms with Crippen molar-refractivity contribution in [3.63, 3.8) is 0 Å². The number of piperidine rings is 1. The van der Waals surface area contributed by atoms with Crippen molar-refractivity contribution in [2.75, 3.05) is 24.5 Å². The van der Waals surface area contributed by atoms with Crippen molar-refractivity contribution >= 4 is 23.3 Å². The van der Waals surface area contributed by atoms with Gasteiger partial charge in [-0.1, -0.05) is 20.8 Å². The Labute approximate surface area is 222 Å². The number of nitrogens with zero attached hydrogens (tertiary/aromatic N) is 4. The molecule has 38 heavy (non-hydrogen) atoms. The smallest absolute Gasteiger partial charge is 0.255 e. The number of aromatic nitrogens is 2. The van der Waals surface area contributed by atoms with Crippen LogP contribution in [0.25, 0.3) is 0 Å². The number of rotatable bonds is 4. The average Bonchev–Trinajstić information content (AvgIpc) is 2.82. The molecule has 206 valence electrons. The number of hydrogen-bond acceptors (Lipinski definition) is 6. The summed E-state index contributed by atoms with van der Waals surface area (Å²) in [6.45, 7) is 14.5. The van der Waals surface area contributed by atoms with Crippen molar-refractivity contribution in [1.29, 1.82) is 0 Å². The summed E-state index contributed by atoms with van der Waals surface area (Å²) in [7, 11) is 0. The second-order valence-corrected chi connectivity index (χ2v) is 12.4. The predicted octanol–water partition coefficient (Wildman–Crippen LogP) is 5.21. The van der Waals surface area contributed by atoms with E-state index in [1.54, 1.807) is 18.3 Å². The first kappa shape index (κ1) is 27.7. The van der Waals surface area contributed by atoms with Gasteiger partial charge < -0.3 is 19.9 Å². The van der Waals surface area contributed by atoms with E-state index in [0.29, 0.717) is 29.4 Å². The number of carbonyl (C=O) groups is 2.